The van der Waals surface area contributed by atoms with Gasteiger partial charge in [0.15, 0.2) is 5.96 Å². The number of rotatable bonds is 6. The van der Waals surface area contributed by atoms with Crippen LogP contribution in [0, 0.1) is 5.92 Å². The number of hydrogen-bond donors (Lipinski definition) is 3. The van der Waals surface area contributed by atoms with Crippen LogP contribution < -0.4 is 11.1 Å². The smallest absolute Gasteiger partial charge is 0.217 e. The third-order valence-corrected chi connectivity index (χ3v) is 4.96. The zero-order valence-electron chi connectivity index (χ0n) is 15.9. The number of para-hydroxylation sites is 1. The summed E-state index contributed by atoms with van der Waals surface area (Å²) in [4.78, 5) is 21.7. The fourth-order valence-electron chi connectivity index (χ4n) is 3.76. The first-order valence-electron chi connectivity index (χ1n) is 9.54. The molecule has 0 saturated carbocycles. The minimum atomic E-state index is -0.210. The molecule has 1 amide bonds. The van der Waals surface area contributed by atoms with Crippen LogP contribution >= 0.6 is 24.0 Å². The largest absolute Gasteiger partial charge is 0.370 e. The zero-order valence-corrected chi connectivity index (χ0v) is 18.2. The topological polar surface area (TPSA) is 86.5 Å². The van der Waals surface area contributed by atoms with Crippen LogP contribution in [0.15, 0.2) is 35.5 Å². The highest BCUT2D eigenvalue weighted by Gasteiger charge is 2.23. The highest BCUT2D eigenvalue weighted by Crippen LogP contribution is 2.20. The van der Waals surface area contributed by atoms with E-state index in [9.17, 15) is 4.79 Å². The number of nitrogens with two attached hydrogens (primary N) is 1. The van der Waals surface area contributed by atoms with Gasteiger partial charge in [-0.15, -0.1) is 24.0 Å². The molecule has 148 valence electrons. The van der Waals surface area contributed by atoms with E-state index >= 15 is 0 Å². The predicted octanol–water partition coefficient (Wildman–Crippen LogP) is 2.88. The van der Waals surface area contributed by atoms with Gasteiger partial charge in [0, 0.05) is 49.7 Å². The Balaban J connectivity index is 0.00000261. The molecule has 1 aliphatic heterocycles. The quantitative estimate of drug-likeness (QED) is 0.336. The van der Waals surface area contributed by atoms with Crippen LogP contribution in [0.3, 0.4) is 0 Å². The molecular weight excluding hydrogens is 453 g/mol. The number of primary amides is 1. The number of aromatic nitrogens is 1. The molecule has 0 aliphatic carbocycles. The van der Waals surface area contributed by atoms with Gasteiger partial charge in [0.1, 0.15) is 0 Å². The molecule has 0 radical (unpaired) electrons. The Morgan fingerprint density at radius 1 is 1.41 bits per heavy atom. The van der Waals surface area contributed by atoms with Crippen molar-refractivity contribution in [2.45, 2.75) is 32.6 Å². The van der Waals surface area contributed by atoms with E-state index in [1.807, 2.05) is 6.07 Å². The normalized spacial score (nSPS) is 17.6. The van der Waals surface area contributed by atoms with Crippen molar-refractivity contribution in [3.8, 4) is 0 Å². The van der Waals surface area contributed by atoms with Crippen molar-refractivity contribution < 1.29 is 4.79 Å². The van der Waals surface area contributed by atoms with E-state index in [0.717, 1.165) is 51.4 Å². The molecular formula is C20H30IN5O. The fourth-order valence-corrected chi connectivity index (χ4v) is 3.76. The number of aliphatic imine (C=N–C) groups is 1. The van der Waals surface area contributed by atoms with Crippen molar-refractivity contribution in [2.75, 3.05) is 26.2 Å². The van der Waals surface area contributed by atoms with Gasteiger partial charge >= 0.3 is 0 Å². The van der Waals surface area contributed by atoms with E-state index in [2.05, 4.69) is 46.5 Å². The SMILES string of the molecule is CCNC(=NCCc1c[nH]c2ccccc12)N1CCCC(CC(N)=O)C1.I. The number of fused-ring (bicyclic) bond motifs is 1. The van der Waals surface area contributed by atoms with E-state index < -0.39 is 0 Å². The molecule has 1 aromatic carbocycles. The van der Waals surface area contributed by atoms with E-state index in [1.165, 1.54) is 16.5 Å². The van der Waals surface area contributed by atoms with Crippen LogP contribution in [0.25, 0.3) is 10.9 Å². The lowest BCUT2D eigenvalue weighted by molar-refractivity contribution is -0.119. The molecule has 4 N–H and O–H groups in total. The number of H-pyrrole nitrogens is 1. The number of benzene rings is 1. The van der Waals surface area contributed by atoms with Crippen LogP contribution in [0.1, 0.15) is 31.7 Å². The van der Waals surface area contributed by atoms with Crippen LogP contribution in [-0.2, 0) is 11.2 Å². The van der Waals surface area contributed by atoms with Crippen LogP contribution in [-0.4, -0.2) is 47.9 Å². The average molecular weight is 483 g/mol. The molecule has 0 spiro atoms. The van der Waals surface area contributed by atoms with Crippen molar-refractivity contribution in [1.82, 2.24) is 15.2 Å². The second kappa shape index (κ2) is 10.5. The first kappa shape index (κ1) is 21.5. The summed E-state index contributed by atoms with van der Waals surface area (Å²) in [5.74, 6) is 1.07. The van der Waals surface area contributed by atoms with E-state index in [-0.39, 0.29) is 29.9 Å². The van der Waals surface area contributed by atoms with Crippen LogP contribution in [0.4, 0.5) is 0 Å². The Kier molecular flexibility index (Phi) is 8.40. The van der Waals surface area contributed by atoms with Gasteiger partial charge in [-0.1, -0.05) is 18.2 Å². The van der Waals surface area contributed by atoms with Gasteiger partial charge in [0.2, 0.25) is 5.91 Å². The monoisotopic (exact) mass is 483 g/mol. The Morgan fingerprint density at radius 3 is 3.00 bits per heavy atom. The summed E-state index contributed by atoms with van der Waals surface area (Å²) in [7, 11) is 0. The molecule has 27 heavy (non-hydrogen) atoms. The third-order valence-electron chi connectivity index (χ3n) is 4.96. The second-order valence-electron chi connectivity index (χ2n) is 6.97. The average Bonchev–Trinajstić information content (AvgIpc) is 3.04. The molecule has 1 aromatic heterocycles. The highest BCUT2D eigenvalue weighted by atomic mass is 127. The second-order valence-corrected chi connectivity index (χ2v) is 6.97. The standard InChI is InChI=1S/C20H29N5O.HI/c1-2-22-20(25-11-5-6-15(14-25)12-19(21)26)23-10-9-16-13-24-18-8-4-3-7-17(16)18;/h3-4,7-8,13,15,24H,2,5-6,9-12,14H2,1H3,(H2,21,26)(H,22,23);1H. The van der Waals surface area contributed by atoms with Gasteiger partial charge in [-0.05, 0) is 43.7 Å². The summed E-state index contributed by atoms with van der Waals surface area (Å²) in [6, 6.07) is 8.36. The summed E-state index contributed by atoms with van der Waals surface area (Å²) in [6.07, 6.45) is 5.58. The number of piperidine rings is 1. The van der Waals surface area contributed by atoms with Crippen molar-refractivity contribution in [2.24, 2.45) is 16.6 Å². The molecule has 1 saturated heterocycles. The van der Waals surface area contributed by atoms with Crippen molar-refractivity contribution in [3.05, 3.63) is 36.0 Å². The third kappa shape index (κ3) is 5.85. The molecule has 1 unspecified atom stereocenters. The van der Waals surface area contributed by atoms with Gasteiger partial charge in [-0.2, -0.15) is 0 Å². The molecule has 6 nitrogen and oxygen atoms in total. The zero-order chi connectivity index (χ0) is 18.4. The van der Waals surface area contributed by atoms with Crippen LogP contribution in [0.5, 0.6) is 0 Å². The van der Waals surface area contributed by atoms with Gasteiger partial charge in [-0.25, -0.2) is 0 Å². The fraction of sp³-hybridized carbons (Fsp3) is 0.500. The number of likely N-dealkylation sites (tertiary alicyclic amines) is 1. The summed E-state index contributed by atoms with van der Waals surface area (Å²) in [6.45, 7) is 5.49. The first-order valence-corrected chi connectivity index (χ1v) is 9.54. The lowest BCUT2D eigenvalue weighted by Gasteiger charge is -2.34. The molecule has 3 rings (SSSR count). The summed E-state index contributed by atoms with van der Waals surface area (Å²) in [5.41, 5.74) is 7.84. The molecule has 1 fully saturated rings. The molecule has 2 heterocycles. The van der Waals surface area contributed by atoms with Gasteiger partial charge < -0.3 is 20.9 Å². The minimum Gasteiger partial charge on any atom is -0.370 e. The van der Waals surface area contributed by atoms with Crippen molar-refractivity contribution in [3.63, 3.8) is 0 Å². The molecule has 0 bridgehead atoms. The maximum Gasteiger partial charge on any atom is 0.217 e. The summed E-state index contributed by atoms with van der Waals surface area (Å²) in [5, 5.41) is 4.67. The number of nitrogens with zero attached hydrogens (tertiary/aromatic N) is 2. The maximum atomic E-state index is 11.2. The lowest BCUT2D eigenvalue weighted by atomic mass is 9.95. The molecule has 1 aliphatic rings. The van der Waals surface area contributed by atoms with Crippen molar-refractivity contribution in [1.29, 1.82) is 0 Å². The number of carbonyl (C=O) groups excluding carboxylic acids is 1. The molecule has 1 atom stereocenters. The number of guanidine groups is 1. The Hall–Kier alpha value is -1.77. The molecule has 7 heteroatoms. The van der Waals surface area contributed by atoms with Crippen molar-refractivity contribution >= 4 is 46.7 Å². The minimum absolute atomic E-state index is 0. The van der Waals surface area contributed by atoms with E-state index in [0.29, 0.717) is 12.3 Å². The Morgan fingerprint density at radius 2 is 2.22 bits per heavy atom. The van der Waals surface area contributed by atoms with Gasteiger partial charge in [0.05, 0.1) is 0 Å². The van der Waals surface area contributed by atoms with Gasteiger partial charge in [-0.3, -0.25) is 9.79 Å². The predicted molar refractivity (Wildman–Crippen MR) is 122 cm³/mol. The van der Waals surface area contributed by atoms with E-state index in [4.69, 9.17) is 10.7 Å². The highest BCUT2D eigenvalue weighted by molar-refractivity contribution is 14.0. The Bertz CT molecular complexity index is 773. The molecule has 2 aromatic rings. The number of aromatic amines is 1. The maximum absolute atomic E-state index is 11.2. The number of carbonyl (C=O) groups is 1. The number of nitrogens with one attached hydrogen (secondary N) is 2. The first-order chi connectivity index (χ1) is 12.7. The van der Waals surface area contributed by atoms with E-state index in [1.54, 1.807) is 0 Å². The number of halogens is 1. The number of amides is 1. The van der Waals surface area contributed by atoms with Crippen LogP contribution in [0.2, 0.25) is 0 Å². The lowest BCUT2D eigenvalue weighted by Crippen LogP contribution is -2.47. The Labute approximate surface area is 178 Å². The summed E-state index contributed by atoms with van der Waals surface area (Å²) < 4.78 is 0. The number of hydrogen-bond acceptors (Lipinski definition) is 2. The summed E-state index contributed by atoms with van der Waals surface area (Å²) >= 11 is 0. The van der Waals surface area contributed by atoms with Gasteiger partial charge in [0.25, 0.3) is 0 Å².